The van der Waals surface area contributed by atoms with Crippen LogP contribution in [-0.2, 0) is 10.0 Å². The first-order chi connectivity index (χ1) is 15.1. The molecule has 7 heteroatoms. The molecule has 32 heavy (non-hydrogen) atoms. The van der Waals surface area contributed by atoms with Crippen LogP contribution in [0.5, 0.6) is 5.75 Å². The van der Waals surface area contributed by atoms with E-state index in [0.29, 0.717) is 21.4 Å². The average Bonchev–Trinajstić information content (AvgIpc) is 2.79. The van der Waals surface area contributed by atoms with Crippen molar-refractivity contribution < 1.29 is 17.9 Å². The lowest BCUT2D eigenvalue weighted by atomic mass is 10.0. The van der Waals surface area contributed by atoms with E-state index in [-0.39, 0.29) is 10.6 Å². The van der Waals surface area contributed by atoms with Crippen LogP contribution in [0.25, 0.3) is 4.48 Å². The van der Waals surface area contributed by atoms with Crippen LogP contribution in [0.4, 0.5) is 0 Å². The highest BCUT2D eigenvalue weighted by Crippen LogP contribution is 2.33. The summed E-state index contributed by atoms with van der Waals surface area (Å²) in [5.41, 5.74) is 2.99. The van der Waals surface area contributed by atoms with Crippen molar-refractivity contribution in [3.05, 3.63) is 101 Å². The zero-order valence-electron chi connectivity index (χ0n) is 18.3. The molecule has 0 bridgehead atoms. The molecule has 0 fully saturated rings. The number of ketones is 1. The van der Waals surface area contributed by atoms with E-state index in [9.17, 15) is 13.2 Å². The summed E-state index contributed by atoms with van der Waals surface area (Å²) in [4.78, 5) is 13.7. The van der Waals surface area contributed by atoms with E-state index in [1.54, 1.807) is 55.6 Å². The van der Waals surface area contributed by atoms with Crippen LogP contribution in [-0.4, -0.2) is 32.7 Å². The number of hydrogen-bond acceptors (Lipinski definition) is 4. The lowest BCUT2D eigenvalue weighted by Gasteiger charge is -2.24. The summed E-state index contributed by atoms with van der Waals surface area (Å²) in [6.45, 7) is 3.80. The molecular weight excluding hydrogens is 490 g/mol. The fraction of sp³-hybridized carbons (Fsp3) is 0.160. The summed E-state index contributed by atoms with van der Waals surface area (Å²) < 4.78 is 33.4. The fourth-order valence-electron chi connectivity index (χ4n) is 3.09. The van der Waals surface area contributed by atoms with Gasteiger partial charge in [-0.2, -0.15) is 0 Å². The molecule has 0 radical (unpaired) electrons. The summed E-state index contributed by atoms with van der Waals surface area (Å²) in [6, 6.07) is 20.6. The minimum Gasteiger partial charge on any atom is -0.497 e. The number of methoxy groups -OCH3 is 1. The zero-order chi connectivity index (χ0) is 23.5. The average molecular weight is 514 g/mol. The predicted molar refractivity (Wildman–Crippen MR) is 130 cm³/mol. The number of ether oxygens (including phenoxy) is 1. The van der Waals surface area contributed by atoms with Gasteiger partial charge in [0.15, 0.2) is 0 Å². The molecule has 0 aliphatic carbocycles. The first-order valence-electron chi connectivity index (χ1n) is 9.86. The van der Waals surface area contributed by atoms with E-state index in [2.05, 4.69) is 15.9 Å². The number of hydrogen-bond donors (Lipinski definition) is 0. The van der Waals surface area contributed by atoms with Gasteiger partial charge in [0.1, 0.15) is 11.4 Å². The molecule has 0 saturated heterocycles. The van der Waals surface area contributed by atoms with Crippen LogP contribution in [0.3, 0.4) is 0 Å². The van der Waals surface area contributed by atoms with Gasteiger partial charge in [-0.3, -0.25) is 9.10 Å². The molecule has 0 amide bonds. The summed E-state index contributed by atoms with van der Waals surface area (Å²) in [5.74, 6) is 0.243. The largest absolute Gasteiger partial charge is 0.497 e. The number of carbonyl (C=O) groups excluding carboxylic acids is 1. The van der Waals surface area contributed by atoms with Gasteiger partial charge in [0, 0.05) is 12.6 Å². The molecule has 3 rings (SSSR count). The van der Waals surface area contributed by atoms with E-state index < -0.39 is 15.8 Å². The topological polar surface area (TPSA) is 63.7 Å². The molecule has 0 N–H and O–H groups in total. The lowest BCUT2D eigenvalue weighted by Crippen LogP contribution is -2.31. The first-order valence-corrected chi connectivity index (χ1v) is 12.1. The second kappa shape index (κ2) is 9.71. The van der Waals surface area contributed by atoms with Gasteiger partial charge in [0.05, 0.1) is 16.5 Å². The Morgan fingerprint density at radius 3 is 1.78 bits per heavy atom. The Morgan fingerprint density at radius 2 is 1.28 bits per heavy atom. The van der Waals surface area contributed by atoms with Crippen molar-refractivity contribution in [3.8, 4) is 5.75 Å². The predicted octanol–water partition coefficient (Wildman–Crippen LogP) is 5.58. The maximum absolute atomic E-state index is 13.5. The van der Waals surface area contributed by atoms with Crippen molar-refractivity contribution in [1.29, 1.82) is 0 Å². The van der Waals surface area contributed by atoms with E-state index >= 15 is 0 Å². The molecule has 0 atom stereocenters. The van der Waals surface area contributed by atoms with E-state index in [0.717, 1.165) is 15.4 Å². The van der Waals surface area contributed by atoms with E-state index in [4.69, 9.17) is 4.74 Å². The van der Waals surface area contributed by atoms with Crippen LogP contribution >= 0.6 is 15.9 Å². The monoisotopic (exact) mass is 513 g/mol. The third kappa shape index (κ3) is 4.95. The van der Waals surface area contributed by atoms with Crippen LogP contribution in [0.15, 0.2) is 83.4 Å². The Balaban J connectivity index is 2.17. The highest BCUT2D eigenvalue weighted by Gasteiger charge is 2.30. The Bertz CT molecular complexity index is 1250. The summed E-state index contributed by atoms with van der Waals surface area (Å²) in [6.07, 6.45) is 0. The second-order valence-electron chi connectivity index (χ2n) is 7.37. The fourth-order valence-corrected chi connectivity index (χ4v) is 5.12. The third-order valence-corrected chi connectivity index (χ3v) is 7.68. The molecule has 3 aromatic carbocycles. The van der Waals surface area contributed by atoms with Gasteiger partial charge in [-0.25, -0.2) is 8.42 Å². The molecule has 0 aliphatic heterocycles. The van der Waals surface area contributed by atoms with Gasteiger partial charge in [0.25, 0.3) is 10.0 Å². The molecular formula is C25H24BrNO4S. The quantitative estimate of drug-likeness (QED) is 0.305. The number of nitrogens with zero attached hydrogens (tertiary/aromatic N) is 1. The summed E-state index contributed by atoms with van der Waals surface area (Å²) >= 11 is 3.50. The maximum atomic E-state index is 13.5. The molecule has 0 spiro atoms. The van der Waals surface area contributed by atoms with Gasteiger partial charge in [0.2, 0.25) is 5.78 Å². The van der Waals surface area contributed by atoms with Gasteiger partial charge in [-0.15, -0.1) is 0 Å². The van der Waals surface area contributed by atoms with Gasteiger partial charge in [-0.05, 0) is 59.6 Å². The molecule has 5 nitrogen and oxygen atoms in total. The molecule has 0 heterocycles. The number of benzene rings is 3. The van der Waals surface area contributed by atoms with Crippen LogP contribution in [0.1, 0.15) is 27.0 Å². The minimum absolute atomic E-state index is 0.0135. The molecule has 166 valence electrons. The molecule has 0 aliphatic rings. The molecule has 3 aromatic rings. The van der Waals surface area contributed by atoms with Gasteiger partial charge >= 0.3 is 0 Å². The van der Waals surface area contributed by atoms with Gasteiger partial charge in [-0.1, -0.05) is 59.7 Å². The van der Waals surface area contributed by atoms with Crippen molar-refractivity contribution in [1.82, 2.24) is 4.31 Å². The second-order valence-corrected chi connectivity index (χ2v) is 10.1. The smallest absolute Gasteiger partial charge is 0.264 e. The normalized spacial score (nSPS) is 12.2. The van der Waals surface area contributed by atoms with Crippen molar-refractivity contribution in [2.75, 3.05) is 14.2 Å². The highest BCUT2D eigenvalue weighted by molar-refractivity contribution is 9.15. The molecule has 0 aromatic heterocycles. The van der Waals surface area contributed by atoms with E-state index in [1.165, 1.54) is 19.2 Å². The lowest BCUT2D eigenvalue weighted by molar-refractivity contribution is 0.101. The highest BCUT2D eigenvalue weighted by atomic mass is 79.9. The van der Waals surface area contributed by atoms with Crippen LogP contribution < -0.4 is 4.74 Å². The Labute approximate surface area is 197 Å². The summed E-state index contributed by atoms with van der Waals surface area (Å²) in [5, 5.41) is 0. The Hall–Kier alpha value is -2.90. The number of carbonyl (C=O) groups is 1. The van der Waals surface area contributed by atoms with Crippen molar-refractivity contribution in [2.24, 2.45) is 0 Å². The van der Waals surface area contributed by atoms with E-state index in [1.807, 2.05) is 26.0 Å². The minimum atomic E-state index is -3.98. The third-order valence-electron chi connectivity index (χ3n) is 5.07. The number of halogens is 1. The van der Waals surface area contributed by atoms with Gasteiger partial charge < -0.3 is 4.74 Å². The number of Topliss-reactive ketones (excluding diaryl/α,β-unsaturated/α-hetero) is 1. The Kier molecular flexibility index (Phi) is 7.21. The molecule has 0 saturated carbocycles. The number of allylic oxidation sites excluding steroid dienone is 1. The van der Waals surface area contributed by atoms with Crippen LogP contribution in [0.2, 0.25) is 0 Å². The number of rotatable bonds is 7. The number of likely N-dealkylation sites (N-methyl/N-ethyl adjacent to an activating group) is 1. The number of aryl methyl sites for hydroxylation is 2. The summed E-state index contributed by atoms with van der Waals surface area (Å²) in [7, 11) is -1.03. The first kappa shape index (κ1) is 23.8. The SMILES string of the molecule is COc1ccc(/C(Br)=C(/C(=O)c2ccc(C)cc2)N(C)S(=O)(=O)c2ccc(C)cc2)cc1. The maximum Gasteiger partial charge on any atom is 0.264 e. The van der Waals surface area contributed by atoms with Crippen molar-refractivity contribution >= 4 is 36.2 Å². The zero-order valence-corrected chi connectivity index (χ0v) is 20.7. The van der Waals surface area contributed by atoms with Crippen LogP contribution in [0, 0.1) is 13.8 Å². The Morgan fingerprint density at radius 1 is 0.812 bits per heavy atom. The van der Waals surface area contributed by atoms with Crippen molar-refractivity contribution in [3.63, 3.8) is 0 Å². The number of sulfonamides is 1. The molecule has 0 unspecified atom stereocenters. The van der Waals surface area contributed by atoms with Crippen molar-refractivity contribution in [2.45, 2.75) is 18.7 Å². The standard InChI is InChI=1S/C25H24BrNO4S/c1-17-5-9-20(10-6-17)25(28)24(23(26)19-11-13-21(31-4)14-12-19)27(3)32(29,30)22-15-7-18(2)8-16-22/h5-16H,1-4H3/b24-23+.